The highest BCUT2D eigenvalue weighted by Crippen LogP contribution is 2.16. The van der Waals surface area contributed by atoms with Crippen LogP contribution >= 0.6 is 0 Å². The zero-order valence-electron chi connectivity index (χ0n) is 11.3. The number of hydrogen-bond acceptors (Lipinski definition) is 3. The molecule has 0 saturated carbocycles. The molecule has 3 nitrogen and oxygen atoms in total. The minimum atomic E-state index is -0.0136. The van der Waals surface area contributed by atoms with Crippen molar-refractivity contribution in [3.8, 4) is 11.5 Å². The molecule has 0 fully saturated rings. The molecule has 0 aliphatic rings. The molecule has 2 aromatic carbocycles. The molecule has 1 atom stereocenters. The lowest BCUT2D eigenvalue weighted by molar-refractivity contribution is 0.143. The SMILES string of the molecule is Cc1ccc(OC(C)COc2ccc(N)cc2)cc1. The Balaban J connectivity index is 1.82. The highest BCUT2D eigenvalue weighted by Gasteiger charge is 2.05. The van der Waals surface area contributed by atoms with Gasteiger partial charge >= 0.3 is 0 Å². The molecule has 0 radical (unpaired) electrons. The van der Waals surface area contributed by atoms with Gasteiger partial charge in [-0.15, -0.1) is 0 Å². The topological polar surface area (TPSA) is 44.5 Å². The summed E-state index contributed by atoms with van der Waals surface area (Å²) in [7, 11) is 0. The fourth-order valence-electron chi connectivity index (χ4n) is 1.66. The van der Waals surface area contributed by atoms with E-state index in [1.807, 2.05) is 55.5 Å². The number of nitrogens with two attached hydrogens (primary N) is 1. The number of benzene rings is 2. The molecule has 0 aromatic heterocycles. The molecule has 3 heteroatoms. The molecule has 0 aliphatic carbocycles. The summed E-state index contributed by atoms with van der Waals surface area (Å²) in [6.07, 6.45) is -0.0136. The fraction of sp³-hybridized carbons (Fsp3) is 0.250. The van der Waals surface area contributed by atoms with Crippen LogP contribution < -0.4 is 15.2 Å². The van der Waals surface area contributed by atoms with Gasteiger partial charge in [-0.1, -0.05) is 17.7 Å². The summed E-state index contributed by atoms with van der Waals surface area (Å²) in [5, 5.41) is 0. The van der Waals surface area contributed by atoms with E-state index in [0.717, 1.165) is 17.2 Å². The molecule has 0 amide bonds. The van der Waals surface area contributed by atoms with Crippen molar-refractivity contribution < 1.29 is 9.47 Å². The zero-order valence-corrected chi connectivity index (χ0v) is 11.3. The van der Waals surface area contributed by atoms with Gasteiger partial charge in [0.2, 0.25) is 0 Å². The molecule has 2 aromatic rings. The third kappa shape index (κ3) is 4.21. The van der Waals surface area contributed by atoms with Gasteiger partial charge in [-0.25, -0.2) is 0 Å². The predicted molar refractivity (Wildman–Crippen MR) is 77.6 cm³/mol. The second kappa shape index (κ2) is 6.14. The van der Waals surface area contributed by atoms with Gasteiger partial charge < -0.3 is 15.2 Å². The molecule has 0 aliphatic heterocycles. The van der Waals surface area contributed by atoms with E-state index in [4.69, 9.17) is 15.2 Å². The summed E-state index contributed by atoms with van der Waals surface area (Å²) < 4.78 is 11.4. The van der Waals surface area contributed by atoms with Crippen molar-refractivity contribution >= 4 is 5.69 Å². The maximum absolute atomic E-state index is 5.77. The molecule has 19 heavy (non-hydrogen) atoms. The van der Waals surface area contributed by atoms with Crippen LogP contribution in [0.2, 0.25) is 0 Å². The first-order chi connectivity index (χ1) is 9.13. The van der Waals surface area contributed by atoms with Gasteiger partial charge in [-0.3, -0.25) is 0 Å². The van der Waals surface area contributed by atoms with E-state index in [1.54, 1.807) is 0 Å². The molecule has 0 spiro atoms. The minimum absolute atomic E-state index is 0.0136. The predicted octanol–water partition coefficient (Wildman–Crippen LogP) is 3.42. The third-order valence-corrected chi connectivity index (χ3v) is 2.72. The lowest BCUT2D eigenvalue weighted by atomic mass is 10.2. The second-order valence-corrected chi connectivity index (χ2v) is 4.62. The summed E-state index contributed by atoms with van der Waals surface area (Å²) >= 11 is 0. The molecular formula is C16H19NO2. The van der Waals surface area contributed by atoms with Gasteiger partial charge in [0.05, 0.1) is 0 Å². The van der Waals surface area contributed by atoms with Crippen LogP contribution in [-0.2, 0) is 0 Å². The summed E-state index contributed by atoms with van der Waals surface area (Å²) in [4.78, 5) is 0. The van der Waals surface area contributed by atoms with Crippen LogP contribution in [0, 0.1) is 6.92 Å². The Hall–Kier alpha value is -2.16. The first-order valence-electron chi connectivity index (χ1n) is 6.35. The van der Waals surface area contributed by atoms with Crippen LogP contribution in [0.3, 0.4) is 0 Å². The van der Waals surface area contributed by atoms with Gasteiger partial charge in [0.1, 0.15) is 24.2 Å². The lowest BCUT2D eigenvalue weighted by Crippen LogP contribution is -2.21. The van der Waals surface area contributed by atoms with Crippen molar-refractivity contribution in [2.24, 2.45) is 0 Å². The van der Waals surface area contributed by atoms with Gasteiger partial charge in [0.15, 0.2) is 0 Å². The Kier molecular flexibility index (Phi) is 4.29. The van der Waals surface area contributed by atoms with Crippen molar-refractivity contribution in [2.45, 2.75) is 20.0 Å². The van der Waals surface area contributed by atoms with E-state index in [0.29, 0.717) is 6.61 Å². The van der Waals surface area contributed by atoms with Crippen molar-refractivity contribution in [1.82, 2.24) is 0 Å². The van der Waals surface area contributed by atoms with Crippen LogP contribution in [0.25, 0.3) is 0 Å². The summed E-state index contributed by atoms with van der Waals surface area (Å²) in [6, 6.07) is 15.3. The molecule has 0 heterocycles. The summed E-state index contributed by atoms with van der Waals surface area (Å²) in [5.74, 6) is 1.66. The molecule has 0 bridgehead atoms. The van der Waals surface area contributed by atoms with Crippen molar-refractivity contribution in [3.63, 3.8) is 0 Å². The molecular weight excluding hydrogens is 238 g/mol. The average molecular weight is 257 g/mol. The first kappa shape index (κ1) is 13.3. The number of aryl methyl sites for hydroxylation is 1. The quantitative estimate of drug-likeness (QED) is 0.835. The number of ether oxygens (including phenoxy) is 2. The molecule has 1 unspecified atom stereocenters. The Labute approximate surface area is 114 Å². The summed E-state index contributed by atoms with van der Waals surface area (Å²) in [6.45, 7) is 4.53. The maximum atomic E-state index is 5.77. The largest absolute Gasteiger partial charge is 0.490 e. The maximum Gasteiger partial charge on any atom is 0.130 e. The Morgan fingerprint density at radius 2 is 1.53 bits per heavy atom. The van der Waals surface area contributed by atoms with E-state index in [-0.39, 0.29) is 6.10 Å². The van der Waals surface area contributed by atoms with Gasteiger partial charge in [-0.2, -0.15) is 0 Å². The van der Waals surface area contributed by atoms with E-state index >= 15 is 0 Å². The molecule has 2 rings (SSSR count). The third-order valence-electron chi connectivity index (χ3n) is 2.72. The van der Waals surface area contributed by atoms with E-state index in [1.165, 1.54) is 5.56 Å². The standard InChI is InChI=1S/C16H19NO2/c1-12-3-7-16(8-4-12)19-13(2)11-18-15-9-5-14(17)6-10-15/h3-10,13H,11,17H2,1-2H3. The van der Waals surface area contributed by atoms with Crippen LogP contribution in [0.15, 0.2) is 48.5 Å². The van der Waals surface area contributed by atoms with Crippen molar-refractivity contribution in [3.05, 3.63) is 54.1 Å². The number of anilines is 1. The van der Waals surface area contributed by atoms with Gasteiger partial charge in [-0.05, 0) is 50.2 Å². The monoisotopic (exact) mass is 257 g/mol. The van der Waals surface area contributed by atoms with Crippen LogP contribution in [0.1, 0.15) is 12.5 Å². The van der Waals surface area contributed by atoms with E-state index in [9.17, 15) is 0 Å². The number of nitrogen functional groups attached to an aromatic ring is 1. The van der Waals surface area contributed by atoms with Crippen LogP contribution in [-0.4, -0.2) is 12.7 Å². The van der Waals surface area contributed by atoms with Crippen LogP contribution in [0.5, 0.6) is 11.5 Å². The Morgan fingerprint density at radius 1 is 0.947 bits per heavy atom. The van der Waals surface area contributed by atoms with Crippen molar-refractivity contribution in [2.75, 3.05) is 12.3 Å². The highest BCUT2D eigenvalue weighted by molar-refractivity contribution is 5.41. The van der Waals surface area contributed by atoms with Gasteiger partial charge in [0, 0.05) is 5.69 Å². The van der Waals surface area contributed by atoms with Crippen LogP contribution in [0.4, 0.5) is 5.69 Å². The minimum Gasteiger partial charge on any atom is -0.490 e. The van der Waals surface area contributed by atoms with Gasteiger partial charge in [0.25, 0.3) is 0 Å². The fourth-order valence-corrected chi connectivity index (χ4v) is 1.66. The number of hydrogen-bond donors (Lipinski definition) is 1. The Morgan fingerprint density at radius 3 is 2.16 bits per heavy atom. The lowest BCUT2D eigenvalue weighted by Gasteiger charge is -2.15. The van der Waals surface area contributed by atoms with Crippen molar-refractivity contribution in [1.29, 1.82) is 0 Å². The average Bonchev–Trinajstić information content (AvgIpc) is 2.41. The van der Waals surface area contributed by atoms with E-state index < -0.39 is 0 Å². The second-order valence-electron chi connectivity index (χ2n) is 4.62. The molecule has 100 valence electrons. The van der Waals surface area contributed by atoms with E-state index in [2.05, 4.69) is 6.92 Å². The Bertz CT molecular complexity index is 505. The normalized spacial score (nSPS) is 11.9. The molecule has 0 saturated heterocycles. The summed E-state index contributed by atoms with van der Waals surface area (Å²) in [5.41, 5.74) is 7.57. The molecule has 2 N–H and O–H groups in total. The highest BCUT2D eigenvalue weighted by atomic mass is 16.5. The zero-order chi connectivity index (χ0) is 13.7. The smallest absolute Gasteiger partial charge is 0.130 e. The number of rotatable bonds is 5. The first-order valence-corrected chi connectivity index (χ1v) is 6.35.